The molecule has 0 radical (unpaired) electrons. The number of carbonyl (C=O) groups excluding carboxylic acids is 2. The normalized spacial score (nSPS) is 11.0. The third kappa shape index (κ3) is 5.71. The number of nitrogens with one attached hydrogen (secondary N) is 2. The second kappa shape index (κ2) is 7.92. The zero-order chi connectivity index (χ0) is 18.4. The van der Waals surface area contributed by atoms with Gasteiger partial charge in [-0.25, -0.2) is 4.39 Å². The summed E-state index contributed by atoms with van der Waals surface area (Å²) in [5.74, 6) is -1.07. The highest BCUT2D eigenvalue weighted by molar-refractivity contribution is 6.03. The lowest BCUT2D eigenvalue weighted by Gasteiger charge is -2.22. The van der Waals surface area contributed by atoms with Crippen LogP contribution >= 0.6 is 0 Å². The maximum absolute atomic E-state index is 12.8. The SMILES string of the molecule is CC(C)(C)c1ccccc1NC(=O)CC(=O)NCc1ccc(F)cc1. The van der Waals surface area contributed by atoms with Crippen molar-refractivity contribution in [3.05, 3.63) is 65.5 Å². The maximum Gasteiger partial charge on any atom is 0.233 e. The molecule has 2 aromatic carbocycles. The molecule has 0 saturated heterocycles. The van der Waals surface area contributed by atoms with Crippen LogP contribution in [0.2, 0.25) is 0 Å². The zero-order valence-electron chi connectivity index (χ0n) is 14.7. The number of amides is 2. The predicted molar refractivity (Wildman–Crippen MR) is 96.6 cm³/mol. The molecule has 2 N–H and O–H groups in total. The van der Waals surface area contributed by atoms with Gasteiger partial charge >= 0.3 is 0 Å². The van der Waals surface area contributed by atoms with E-state index >= 15 is 0 Å². The van der Waals surface area contributed by atoms with Gasteiger partial charge in [0.15, 0.2) is 0 Å². The van der Waals surface area contributed by atoms with Gasteiger partial charge < -0.3 is 10.6 Å². The largest absolute Gasteiger partial charge is 0.352 e. The van der Waals surface area contributed by atoms with E-state index < -0.39 is 0 Å². The van der Waals surface area contributed by atoms with Crippen LogP contribution in [0, 0.1) is 5.82 Å². The molecule has 132 valence electrons. The van der Waals surface area contributed by atoms with Crippen molar-refractivity contribution < 1.29 is 14.0 Å². The molecular formula is C20H23FN2O2. The van der Waals surface area contributed by atoms with E-state index in [0.29, 0.717) is 5.69 Å². The van der Waals surface area contributed by atoms with E-state index in [9.17, 15) is 14.0 Å². The van der Waals surface area contributed by atoms with Crippen LogP contribution in [0.4, 0.5) is 10.1 Å². The van der Waals surface area contributed by atoms with Crippen molar-refractivity contribution in [1.29, 1.82) is 0 Å². The molecule has 0 atom stereocenters. The first-order valence-corrected chi connectivity index (χ1v) is 8.16. The van der Waals surface area contributed by atoms with E-state index in [1.54, 1.807) is 12.1 Å². The van der Waals surface area contributed by atoms with Crippen LogP contribution in [0.3, 0.4) is 0 Å². The smallest absolute Gasteiger partial charge is 0.233 e. The first-order chi connectivity index (χ1) is 11.8. The standard InChI is InChI=1S/C20H23FN2O2/c1-20(2,3)16-6-4-5-7-17(16)23-19(25)12-18(24)22-13-14-8-10-15(21)11-9-14/h4-11H,12-13H2,1-3H3,(H,22,24)(H,23,25). The van der Waals surface area contributed by atoms with Crippen LogP contribution in [0.1, 0.15) is 38.3 Å². The van der Waals surface area contributed by atoms with E-state index in [4.69, 9.17) is 0 Å². The minimum atomic E-state index is -0.380. The number of carbonyl (C=O) groups is 2. The minimum absolute atomic E-state index is 0.116. The van der Waals surface area contributed by atoms with Crippen LogP contribution in [0.15, 0.2) is 48.5 Å². The van der Waals surface area contributed by atoms with Crippen molar-refractivity contribution in [2.24, 2.45) is 0 Å². The van der Waals surface area contributed by atoms with Crippen LogP contribution in [0.5, 0.6) is 0 Å². The summed E-state index contributed by atoms with van der Waals surface area (Å²) in [7, 11) is 0. The Morgan fingerprint density at radius 2 is 1.60 bits per heavy atom. The van der Waals surface area contributed by atoms with E-state index in [0.717, 1.165) is 11.1 Å². The molecule has 0 aliphatic carbocycles. The van der Waals surface area contributed by atoms with Crippen LogP contribution in [0.25, 0.3) is 0 Å². The fourth-order valence-electron chi connectivity index (χ4n) is 2.45. The summed E-state index contributed by atoms with van der Waals surface area (Å²) >= 11 is 0. The number of rotatable bonds is 5. The molecule has 2 amide bonds. The van der Waals surface area contributed by atoms with Gasteiger partial charge in [-0.3, -0.25) is 9.59 Å². The van der Waals surface area contributed by atoms with Gasteiger partial charge in [0.2, 0.25) is 11.8 Å². The van der Waals surface area contributed by atoms with Crippen LogP contribution in [-0.4, -0.2) is 11.8 Å². The number of halogens is 1. The van der Waals surface area contributed by atoms with Gasteiger partial charge in [0.1, 0.15) is 12.2 Å². The molecule has 0 spiro atoms. The van der Waals surface area contributed by atoms with Gasteiger partial charge in [-0.15, -0.1) is 0 Å². The number of anilines is 1. The summed E-state index contributed by atoms with van der Waals surface area (Å²) in [5.41, 5.74) is 2.38. The molecule has 0 saturated carbocycles. The fourth-order valence-corrected chi connectivity index (χ4v) is 2.45. The van der Waals surface area contributed by atoms with Crippen molar-refractivity contribution >= 4 is 17.5 Å². The van der Waals surface area contributed by atoms with Crippen molar-refractivity contribution in [3.8, 4) is 0 Å². The Bertz CT molecular complexity index is 749. The summed E-state index contributed by atoms with van der Waals surface area (Å²) in [6.45, 7) is 6.44. The Hall–Kier alpha value is -2.69. The van der Waals surface area contributed by atoms with Crippen molar-refractivity contribution in [2.75, 3.05) is 5.32 Å². The van der Waals surface area contributed by atoms with Gasteiger partial charge in [-0.2, -0.15) is 0 Å². The Kier molecular flexibility index (Phi) is 5.91. The van der Waals surface area contributed by atoms with E-state index in [1.807, 2.05) is 24.3 Å². The Balaban J connectivity index is 1.90. The monoisotopic (exact) mass is 342 g/mol. The zero-order valence-corrected chi connectivity index (χ0v) is 14.7. The highest BCUT2D eigenvalue weighted by atomic mass is 19.1. The average Bonchev–Trinajstić information content (AvgIpc) is 2.53. The molecule has 0 heterocycles. The molecule has 5 heteroatoms. The number of hydrogen-bond donors (Lipinski definition) is 2. The topological polar surface area (TPSA) is 58.2 Å². The fraction of sp³-hybridized carbons (Fsp3) is 0.300. The lowest BCUT2D eigenvalue weighted by Crippen LogP contribution is -2.28. The lowest BCUT2D eigenvalue weighted by molar-refractivity contribution is -0.126. The third-order valence-electron chi connectivity index (χ3n) is 3.73. The maximum atomic E-state index is 12.8. The molecule has 0 aromatic heterocycles. The Morgan fingerprint density at radius 1 is 0.960 bits per heavy atom. The Morgan fingerprint density at radius 3 is 2.24 bits per heavy atom. The summed E-state index contributed by atoms with van der Waals surface area (Å²) in [6, 6.07) is 13.4. The average molecular weight is 342 g/mol. The van der Waals surface area contributed by atoms with Gasteiger partial charge in [-0.05, 0) is 34.7 Å². The van der Waals surface area contributed by atoms with Gasteiger partial charge in [0.05, 0.1) is 0 Å². The number of benzene rings is 2. The molecule has 0 fully saturated rings. The molecule has 0 unspecified atom stereocenters. The third-order valence-corrected chi connectivity index (χ3v) is 3.73. The number of hydrogen-bond acceptors (Lipinski definition) is 2. The molecular weight excluding hydrogens is 319 g/mol. The van der Waals surface area contributed by atoms with Gasteiger partial charge in [0, 0.05) is 12.2 Å². The summed E-state index contributed by atoms with van der Waals surface area (Å²) < 4.78 is 12.8. The molecule has 25 heavy (non-hydrogen) atoms. The second-order valence-electron chi connectivity index (χ2n) is 6.92. The molecule has 4 nitrogen and oxygen atoms in total. The molecule has 2 rings (SSSR count). The number of para-hydroxylation sites is 1. The quantitative estimate of drug-likeness (QED) is 0.813. The van der Waals surface area contributed by atoms with Crippen molar-refractivity contribution in [3.63, 3.8) is 0 Å². The molecule has 0 bridgehead atoms. The highest BCUT2D eigenvalue weighted by Crippen LogP contribution is 2.29. The highest BCUT2D eigenvalue weighted by Gasteiger charge is 2.19. The predicted octanol–water partition coefficient (Wildman–Crippen LogP) is 3.77. The van der Waals surface area contributed by atoms with Crippen molar-refractivity contribution in [2.45, 2.75) is 39.2 Å². The molecule has 2 aromatic rings. The van der Waals surface area contributed by atoms with Crippen molar-refractivity contribution in [1.82, 2.24) is 5.32 Å². The van der Waals surface area contributed by atoms with E-state index in [-0.39, 0.29) is 36.0 Å². The first-order valence-electron chi connectivity index (χ1n) is 8.16. The minimum Gasteiger partial charge on any atom is -0.352 e. The first kappa shape index (κ1) is 18.6. The lowest BCUT2D eigenvalue weighted by atomic mass is 9.86. The van der Waals surface area contributed by atoms with Gasteiger partial charge in [-0.1, -0.05) is 51.1 Å². The second-order valence-corrected chi connectivity index (χ2v) is 6.92. The van der Waals surface area contributed by atoms with E-state index in [2.05, 4.69) is 31.4 Å². The van der Waals surface area contributed by atoms with Gasteiger partial charge in [0.25, 0.3) is 0 Å². The van der Waals surface area contributed by atoms with Crippen LogP contribution < -0.4 is 10.6 Å². The molecule has 0 aliphatic rings. The van der Waals surface area contributed by atoms with E-state index in [1.165, 1.54) is 12.1 Å². The van der Waals surface area contributed by atoms with Crippen LogP contribution in [-0.2, 0) is 21.5 Å². The molecule has 0 aliphatic heterocycles. The summed E-state index contributed by atoms with van der Waals surface area (Å²) in [6.07, 6.45) is -0.264. The summed E-state index contributed by atoms with van der Waals surface area (Å²) in [4.78, 5) is 24.1. The Labute approximate surface area is 147 Å². The summed E-state index contributed by atoms with van der Waals surface area (Å²) in [5, 5.41) is 5.46.